The van der Waals surface area contributed by atoms with Crippen LogP contribution in [0.3, 0.4) is 0 Å². The third kappa shape index (κ3) is 2.18. The van der Waals surface area contributed by atoms with E-state index in [0.717, 1.165) is 11.5 Å². The fraction of sp³-hybridized carbons (Fsp3) is 0.636. The smallest absolute Gasteiger partial charge is 0.351 e. The lowest BCUT2D eigenvalue weighted by Crippen LogP contribution is -2.51. The van der Waals surface area contributed by atoms with Gasteiger partial charge < -0.3 is 20.7 Å². The number of aliphatic hydroxyl groups excluding tert-OH is 2. The van der Waals surface area contributed by atoms with Crippen molar-refractivity contribution < 1.29 is 19.3 Å². The highest BCUT2D eigenvalue weighted by molar-refractivity contribution is 6.21. The molecule has 2 heterocycles. The number of anilines is 1. The molecule has 0 amide bonds. The average molecular weight is 308 g/mol. The van der Waals surface area contributed by atoms with Crippen molar-refractivity contribution in [3.05, 3.63) is 22.7 Å². The largest absolute Gasteiger partial charge is 0.393 e. The minimum absolute atomic E-state index is 0.0169. The topological polar surface area (TPSA) is 111 Å². The van der Waals surface area contributed by atoms with E-state index in [4.69, 9.17) is 22.1 Å². The molecular weight excluding hydrogens is 293 g/mol. The van der Waals surface area contributed by atoms with Gasteiger partial charge in [-0.25, -0.2) is 9.18 Å². The first-order chi connectivity index (χ1) is 9.33. The zero-order valence-electron chi connectivity index (χ0n) is 10.6. The first-order valence-corrected chi connectivity index (χ1v) is 6.36. The quantitative estimate of drug-likeness (QED) is 0.644. The maximum Gasteiger partial charge on any atom is 0.351 e. The lowest BCUT2D eigenvalue weighted by molar-refractivity contribution is -0.161. The van der Waals surface area contributed by atoms with E-state index in [1.165, 1.54) is 12.3 Å². The summed E-state index contributed by atoms with van der Waals surface area (Å²) in [6, 6.07) is 1.35. The molecule has 5 atom stereocenters. The predicted octanol–water partition coefficient (Wildman–Crippen LogP) is -0.588. The van der Waals surface area contributed by atoms with Gasteiger partial charge in [-0.3, -0.25) is 4.57 Å². The summed E-state index contributed by atoms with van der Waals surface area (Å²) < 4.78 is 20.1. The van der Waals surface area contributed by atoms with Gasteiger partial charge in [0, 0.05) is 6.20 Å². The van der Waals surface area contributed by atoms with E-state index >= 15 is 0 Å². The fourth-order valence-electron chi connectivity index (χ4n) is 2.20. The van der Waals surface area contributed by atoms with Crippen LogP contribution >= 0.6 is 11.6 Å². The highest BCUT2D eigenvalue weighted by atomic mass is 35.5. The summed E-state index contributed by atoms with van der Waals surface area (Å²) >= 11 is 6.01. The molecule has 0 radical (unpaired) electrons. The Kier molecular flexibility index (Phi) is 4.01. The van der Waals surface area contributed by atoms with E-state index < -0.39 is 41.8 Å². The molecule has 4 N–H and O–H groups in total. The number of rotatable bonds is 3. The van der Waals surface area contributed by atoms with E-state index in [9.17, 15) is 19.4 Å². The van der Waals surface area contributed by atoms with Gasteiger partial charge in [-0.05, 0) is 13.0 Å². The highest BCUT2D eigenvalue weighted by Gasteiger charge is 2.58. The van der Waals surface area contributed by atoms with Crippen LogP contribution in [0.4, 0.5) is 10.2 Å². The molecule has 0 aliphatic carbocycles. The van der Waals surface area contributed by atoms with Crippen molar-refractivity contribution in [2.75, 3.05) is 12.3 Å². The summed E-state index contributed by atoms with van der Waals surface area (Å²) in [6.07, 6.45) is -3.04. The molecule has 112 valence electrons. The van der Waals surface area contributed by atoms with Crippen molar-refractivity contribution in [2.45, 2.75) is 36.4 Å². The number of hydrogen-bond acceptors (Lipinski definition) is 6. The Balaban J connectivity index is 2.42. The van der Waals surface area contributed by atoms with Crippen LogP contribution in [0.15, 0.2) is 17.1 Å². The van der Waals surface area contributed by atoms with Gasteiger partial charge in [0.15, 0.2) is 11.8 Å². The summed E-state index contributed by atoms with van der Waals surface area (Å²) in [5, 5.41) is 18.3. The second-order valence-corrected chi connectivity index (χ2v) is 5.17. The van der Waals surface area contributed by atoms with Crippen molar-refractivity contribution in [3.8, 4) is 0 Å². The lowest BCUT2D eigenvalue weighted by Gasteiger charge is -2.31. The summed E-state index contributed by atoms with van der Waals surface area (Å²) in [6.45, 7) is 0.359. The average Bonchev–Trinajstić information content (AvgIpc) is 2.64. The van der Waals surface area contributed by atoms with E-state index in [0.29, 0.717) is 0 Å². The predicted molar refractivity (Wildman–Crippen MR) is 69.1 cm³/mol. The van der Waals surface area contributed by atoms with Crippen LogP contribution in [0.1, 0.15) is 13.2 Å². The molecule has 1 aromatic rings. The van der Waals surface area contributed by atoms with Crippen molar-refractivity contribution in [1.82, 2.24) is 9.55 Å². The molecule has 9 heteroatoms. The summed E-state index contributed by atoms with van der Waals surface area (Å²) in [7, 11) is 0. The van der Waals surface area contributed by atoms with Gasteiger partial charge in [-0.2, -0.15) is 4.98 Å². The summed E-state index contributed by atoms with van der Waals surface area (Å²) in [5.41, 5.74) is 2.75. The highest BCUT2D eigenvalue weighted by Crippen LogP contribution is 2.42. The standard InChI is InChI=1S/C11H15ClFN3O4/c1-5(13)11(4-17)8(18)7(12)9(20-11)16-3-2-6(14)15-10(16)19/h2-3,5,7-9,17-18H,4H2,1H3,(H2,14,15,19)/t5?,7-,8+,9+,11+/m1/s1. The molecule has 1 aromatic heterocycles. The number of alkyl halides is 2. The first kappa shape index (κ1) is 15.2. The molecular formula is C11H15ClFN3O4. The van der Waals surface area contributed by atoms with E-state index in [1.54, 1.807) is 0 Å². The SMILES string of the molecule is CC(F)[C@]1(CO)O[C@H](n2ccc(N)nc2=O)[C@H](Cl)[C@@H]1O. The number of ether oxygens (including phenoxy) is 1. The molecule has 1 saturated heterocycles. The van der Waals surface area contributed by atoms with Gasteiger partial charge in [-0.1, -0.05) is 0 Å². The van der Waals surface area contributed by atoms with E-state index in [2.05, 4.69) is 4.98 Å². The van der Waals surface area contributed by atoms with Crippen LogP contribution in [-0.4, -0.2) is 49.6 Å². The van der Waals surface area contributed by atoms with Gasteiger partial charge in [-0.15, -0.1) is 11.6 Å². The monoisotopic (exact) mass is 307 g/mol. The minimum Gasteiger partial charge on any atom is -0.393 e. The molecule has 0 spiro atoms. The van der Waals surface area contributed by atoms with Crippen LogP contribution in [0, 0.1) is 0 Å². The summed E-state index contributed by atoms with van der Waals surface area (Å²) in [5.74, 6) is 0.0169. The molecule has 1 aliphatic rings. The van der Waals surface area contributed by atoms with Gasteiger partial charge in [0.05, 0.1) is 6.61 Å². The zero-order valence-corrected chi connectivity index (χ0v) is 11.4. The lowest BCUT2D eigenvalue weighted by atomic mass is 9.93. The number of nitrogen functional groups attached to an aromatic ring is 1. The van der Waals surface area contributed by atoms with Gasteiger partial charge in [0.1, 0.15) is 23.5 Å². The second kappa shape index (κ2) is 5.28. The van der Waals surface area contributed by atoms with Gasteiger partial charge in [0.2, 0.25) is 0 Å². The van der Waals surface area contributed by atoms with Crippen LogP contribution in [0.2, 0.25) is 0 Å². The van der Waals surface area contributed by atoms with E-state index in [1.807, 2.05) is 0 Å². The molecule has 20 heavy (non-hydrogen) atoms. The molecule has 2 rings (SSSR count). The van der Waals surface area contributed by atoms with E-state index in [-0.39, 0.29) is 5.82 Å². The number of nitrogens with zero attached hydrogens (tertiary/aromatic N) is 2. The molecule has 0 bridgehead atoms. The van der Waals surface area contributed by atoms with Crippen LogP contribution in [0.5, 0.6) is 0 Å². The Morgan fingerprint density at radius 1 is 1.75 bits per heavy atom. The number of aromatic nitrogens is 2. The number of halogens is 2. The third-order valence-corrected chi connectivity index (χ3v) is 3.92. The molecule has 0 saturated carbocycles. The first-order valence-electron chi connectivity index (χ1n) is 5.93. The van der Waals surface area contributed by atoms with Crippen molar-refractivity contribution in [1.29, 1.82) is 0 Å². The number of nitrogens with two attached hydrogens (primary N) is 1. The number of aliphatic hydroxyl groups is 2. The van der Waals surface area contributed by atoms with Crippen LogP contribution in [-0.2, 0) is 4.74 Å². The van der Waals surface area contributed by atoms with Gasteiger partial charge >= 0.3 is 5.69 Å². The Bertz CT molecular complexity index is 555. The minimum atomic E-state index is -1.88. The Morgan fingerprint density at radius 2 is 2.40 bits per heavy atom. The molecule has 7 nitrogen and oxygen atoms in total. The molecule has 0 aromatic carbocycles. The molecule has 1 aliphatic heterocycles. The maximum absolute atomic E-state index is 13.7. The zero-order chi connectivity index (χ0) is 15.1. The third-order valence-electron chi connectivity index (χ3n) is 3.46. The Morgan fingerprint density at radius 3 is 2.85 bits per heavy atom. The maximum atomic E-state index is 13.7. The van der Waals surface area contributed by atoms with Gasteiger partial charge in [0.25, 0.3) is 0 Å². The van der Waals surface area contributed by atoms with Crippen molar-refractivity contribution in [3.63, 3.8) is 0 Å². The normalized spacial score (nSPS) is 35.1. The van der Waals surface area contributed by atoms with Crippen LogP contribution in [0.25, 0.3) is 0 Å². The molecule has 1 fully saturated rings. The number of hydrogen-bond donors (Lipinski definition) is 3. The fourth-order valence-corrected chi connectivity index (χ4v) is 2.59. The Labute approximate surface area is 118 Å². The summed E-state index contributed by atoms with van der Waals surface area (Å²) in [4.78, 5) is 15.2. The van der Waals surface area contributed by atoms with Crippen molar-refractivity contribution >= 4 is 17.4 Å². The van der Waals surface area contributed by atoms with Crippen LogP contribution < -0.4 is 11.4 Å². The Hall–Kier alpha value is -1.22. The second-order valence-electron chi connectivity index (χ2n) is 4.67. The van der Waals surface area contributed by atoms with Crippen molar-refractivity contribution in [2.24, 2.45) is 0 Å². The molecule has 1 unspecified atom stereocenters.